The van der Waals surface area contributed by atoms with Crippen molar-refractivity contribution in [2.45, 2.75) is 45.6 Å². The van der Waals surface area contributed by atoms with Gasteiger partial charge in [-0.15, -0.1) is 0 Å². The first kappa shape index (κ1) is 20.8. The molecule has 1 unspecified atom stereocenters. The molecule has 0 spiro atoms. The van der Waals surface area contributed by atoms with Crippen LogP contribution >= 0.6 is 12.2 Å². The predicted octanol–water partition coefficient (Wildman–Crippen LogP) is 4.54. The van der Waals surface area contributed by atoms with Gasteiger partial charge >= 0.3 is 0 Å². The van der Waals surface area contributed by atoms with Crippen LogP contribution in [0.2, 0.25) is 0 Å². The summed E-state index contributed by atoms with van der Waals surface area (Å²) in [4.78, 5) is 3.42. The fourth-order valence-electron chi connectivity index (χ4n) is 3.99. The van der Waals surface area contributed by atoms with Gasteiger partial charge in [0.25, 0.3) is 0 Å². The van der Waals surface area contributed by atoms with Crippen LogP contribution in [0.3, 0.4) is 0 Å². The number of methoxy groups -OCH3 is 1. The zero-order valence-electron chi connectivity index (χ0n) is 17.3. The molecule has 1 atom stereocenters. The number of aryl methyl sites for hydroxylation is 1. The number of nitrogens with zero attached hydrogens (tertiary/aromatic N) is 1. The normalized spacial score (nSPS) is 16.9. The van der Waals surface area contributed by atoms with E-state index >= 15 is 0 Å². The predicted molar refractivity (Wildman–Crippen MR) is 122 cm³/mol. The van der Waals surface area contributed by atoms with Gasteiger partial charge in [0.2, 0.25) is 0 Å². The van der Waals surface area contributed by atoms with Crippen molar-refractivity contribution in [2.75, 3.05) is 26.7 Å². The molecular formula is C24H32N2OS. The highest BCUT2D eigenvalue weighted by atomic mass is 32.1. The molecule has 3 nitrogen and oxygen atoms in total. The molecule has 0 saturated heterocycles. The van der Waals surface area contributed by atoms with Gasteiger partial charge in [-0.25, -0.2) is 0 Å². The van der Waals surface area contributed by atoms with Crippen LogP contribution < -0.4 is 10.1 Å². The monoisotopic (exact) mass is 396 g/mol. The molecule has 2 aromatic carbocycles. The largest absolute Gasteiger partial charge is 0.496 e. The Kier molecular flexibility index (Phi) is 7.46. The van der Waals surface area contributed by atoms with Crippen LogP contribution in [-0.4, -0.2) is 42.7 Å². The van der Waals surface area contributed by atoms with E-state index in [1.165, 1.54) is 29.5 Å². The molecule has 0 aromatic heterocycles. The van der Waals surface area contributed by atoms with E-state index in [0.717, 1.165) is 48.8 Å². The van der Waals surface area contributed by atoms with Crippen molar-refractivity contribution in [3.63, 3.8) is 0 Å². The van der Waals surface area contributed by atoms with Crippen LogP contribution in [0.25, 0.3) is 0 Å². The molecule has 0 aliphatic carbocycles. The number of hydrogen-bond acceptors (Lipinski definition) is 3. The minimum absolute atomic E-state index is 0.448. The van der Waals surface area contributed by atoms with Gasteiger partial charge < -0.3 is 10.1 Å². The molecule has 1 N–H and O–H groups in total. The number of unbranched alkanes of at least 4 members (excludes halogenated alkanes) is 1. The minimum Gasteiger partial charge on any atom is -0.496 e. The van der Waals surface area contributed by atoms with E-state index in [0.29, 0.717) is 6.04 Å². The summed E-state index contributed by atoms with van der Waals surface area (Å²) in [5, 5.41) is 3.55. The van der Waals surface area contributed by atoms with Crippen molar-refractivity contribution in [3.05, 3.63) is 64.7 Å². The second-order valence-electron chi connectivity index (χ2n) is 7.68. The van der Waals surface area contributed by atoms with E-state index in [1.54, 1.807) is 7.11 Å². The number of thiocarbonyl (C=S) groups is 1. The molecule has 1 aliphatic heterocycles. The van der Waals surface area contributed by atoms with Crippen LogP contribution in [0.1, 0.15) is 42.0 Å². The molecule has 0 saturated carbocycles. The second kappa shape index (κ2) is 10.0. The number of rotatable bonds is 7. The Morgan fingerprint density at radius 1 is 1.21 bits per heavy atom. The number of benzene rings is 2. The molecule has 0 fully saturated rings. The smallest absolute Gasteiger partial charge is 0.129 e. The van der Waals surface area contributed by atoms with E-state index in [9.17, 15) is 0 Å². The van der Waals surface area contributed by atoms with Crippen molar-refractivity contribution in [3.8, 4) is 5.75 Å². The Balaban J connectivity index is 1.74. The summed E-state index contributed by atoms with van der Waals surface area (Å²) in [5.74, 6) is 0.831. The van der Waals surface area contributed by atoms with E-state index in [2.05, 4.69) is 60.5 Å². The maximum absolute atomic E-state index is 5.73. The second-order valence-corrected chi connectivity index (χ2v) is 8.09. The lowest BCUT2D eigenvalue weighted by molar-refractivity contribution is 0.200. The van der Waals surface area contributed by atoms with Gasteiger partial charge in [0.1, 0.15) is 10.7 Å². The summed E-state index contributed by atoms with van der Waals surface area (Å²) >= 11 is 5.73. The minimum atomic E-state index is 0.448. The van der Waals surface area contributed by atoms with Crippen LogP contribution in [0, 0.1) is 6.92 Å². The lowest BCUT2D eigenvalue weighted by Gasteiger charge is -2.30. The van der Waals surface area contributed by atoms with Gasteiger partial charge in [0.05, 0.1) is 12.7 Å². The van der Waals surface area contributed by atoms with E-state index in [4.69, 9.17) is 17.0 Å². The number of nitrogens with one attached hydrogen (secondary N) is 1. The Bertz CT molecular complexity index is 805. The van der Waals surface area contributed by atoms with Crippen molar-refractivity contribution in [1.29, 1.82) is 0 Å². The van der Waals surface area contributed by atoms with Crippen LogP contribution in [0.4, 0.5) is 0 Å². The topological polar surface area (TPSA) is 24.5 Å². The highest BCUT2D eigenvalue weighted by Gasteiger charge is 2.24. The van der Waals surface area contributed by atoms with Crippen LogP contribution in [-0.2, 0) is 12.8 Å². The third-order valence-electron chi connectivity index (χ3n) is 5.66. The Hall–Kier alpha value is -1.91. The SMILES string of the molecule is CCCCN1CCc2ccccc2CC1CNC(=S)c1cc(C)ccc1OC. The summed E-state index contributed by atoms with van der Waals surface area (Å²) in [6.45, 7) is 7.47. The summed E-state index contributed by atoms with van der Waals surface area (Å²) in [6.07, 6.45) is 4.67. The van der Waals surface area contributed by atoms with Gasteiger partial charge in [-0.2, -0.15) is 0 Å². The van der Waals surface area contributed by atoms with Gasteiger partial charge in [0, 0.05) is 19.1 Å². The molecule has 4 heteroatoms. The molecule has 0 radical (unpaired) electrons. The number of ether oxygens (including phenoxy) is 1. The summed E-state index contributed by atoms with van der Waals surface area (Å²) in [7, 11) is 1.70. The van der Waals surface area contributed by atoms with Crippen molar-refractivity contribution in [2.24, 2.45) is 0 Å². The molecule has 0 bridgehead atoms. The first-order chi connectivity index (χ1) is 13.6. The van der Waals surface area contributed by atoms with Gasteiger partial charge in [0.15, 0.2) is 0 Å². The first-order valence-electron chi connectivity index (χ1n) is 10.4. The van der Waals surface area contributed by atoms with Gasteiger partial charge in [-0.1, -0.05) is 61.5 Å². The standard InChI is InChI=1S/C24H32N2OS/c1-4-5-13-26-14-12-19-8-6-7-9-20(19)16-21(26)17-25-24(28)22-15-18(2)10-11-23(22)27-3/h6-11,15,21H,4-5,12-14,16-17H2,1-3H3,(H,25,28). The lowest BCUT2D eigenvalue weighted by Crippen LogP contribution is -2.45. The highest BCUT2D eigenvalue weighted by Crippen LogP contribution is 2.22. The fraction of sp³-hybridized carbons (Fsp3) is 0.458. The average Bonchev–Trinajstić information content (AvgIpc) is 2.89. The van der Waals surface area contributed by atoms with Crippen molar-refractivity contribution < 1.29 is 4.74 Å². The molecule has 28 heavy (non-hydrogen) atoms. The van der Waals surface area contributed by atoms with Crippen LogP contribution in [0.5, 0.6) is 5.75 Å². The molecule has 3 rings (SSSR count). The fourth-order valence-corrected chi connectivity index (χ4v) is 4.23. The number of fused-ring (bicyclic) bond motifs is 1. The van der Waals surface area contributed by atoms with Crippen LogP contribution in [0.15, 0.2) is 42.5 Å². The molecule has 1 aliphatic rings. The maximum Gasteiger partial charge on any atom is 0.129 e. The molecule has 2 aromatic rings. The lowest BCUT2D eigenvalue weighted by atomic mass is 10.0. The Morgan fingerprint density at radius 3 is 2.75 bits per heavy atom. The zero-order valence-corrected chi connectivity index (χ0v) is 18.1. The molecule has 150 valence electrons. The summed E-state index contributed by atoms with van der Waals surface area (Å²) < 4.78 is 5.52. The highest BCUT2D eigenvalue weighted by molar-refractivity contribution is 7.80. The molecule has 0 amide bonds. The van der Waals surface area contributed by atoms with Gasteiger partial charge in [-0.3, -0.25) is 4.90 Å². The Labute approximate surface area is 175 Å². The third-order valence-corrected chi connectivity index (χ3v) is 6.02. The maximum atomic E-state index is 5.73. The Morgan fingerprint density at radius 2 is 2.00 bits per heavy atom. The van der Waals surface area contributed by atoms with E-state index in [1.807, 2.05) is 6.07 Å². The number of hydrogen-bond donors (Lipinski definition) is 1. The third kappa shape index (κ3) is 5.12. The van der Waals surface area contributed by atoms with Crippen molar-refractivity contribution >= 4 is 17.2 Å². The molecule has 1 heterocycles. The first-order valence-corrected chi connectivity index (χ1v) is 10.8. The summed E-state index contributed by atoms with van der Waals surface area (Å²) in [6, 6.07) is 15.5. The summed E-state index contributed by atoms with van der Waals surface area (Å²) in [5.41, 5.74) is 5.14. The van der Waals surface area contributed by atoms with Crippen molar-refractivity contribution in [1.82, 2.24) is 10.2 Å². The molecular weight excluding hydrogens is 364 g/mol. The van der Waals surface area contributed by atoms with E-state index in [-0.39, 0.29) is 0 Å². The average molecular weight is 397 g/mol. The van der Waals surface area contributed by atoms with Gasteiger partial charge in [-0.05, 0) is 56.0 Å². The quantitative estimate of drug-likeness (QED) is 0.695. The van der Waals surface area contributed by atoms with E-state index < -0.39 is 0 Å². The zero-order chi connectivity index (χ0) is 19.9.